The summed E-state index contributed by atoms with van der Waals surface area (Å²) in [4.78, 5) is 24.6. The molecule has 2 amide bonds. The summed E-state index contributed by atoms with van der Waals surface area (Å²) >= 11 is 0. The van der Waals surface area contributed by atoms with E-state index in [9.17, 15) is 14.7 Å². The number of carbonyl (C=O) groups excluding carboxylic acids is 1. The van der Waals surface area contributed by atoms with Crippen molar-refractivity contribution >= 4 is 12.0 Å². The number of carboxylic acid groups (broad SMARTS) is 1. The van der Waals surface area contributed by atoms with Crippen molar-refractivity contribution in [1.29, 1.82) is 0 Å². The van der Waals surface area contributed by atoms with Crippen molar-refractivity contribution in [2.45, 2.75) is 32.2 Å². The molecule has 2 atom stereocenters. The second-order valence-corrected chi connectivity index (χ2v) is 5.45. The van der Waals surface area contributed by atoms with Crippen LogP contribution in [0.1, 0.15) is 26.2 Å². The van der Waals surface area contributed by atoms with E-state index in [-0.39, 0.29) is 31.1 Å². The number of hydrogen-bond acceptors (Lipinski definition) is 3. The van der Waals surface area contributed by atoms with Crippen LogP contribution in [-0.4, -0.2) is 52.9 Å². The number of amides is 2. The van der Waals surface area contributed by atoms with Gasteiger partial charge >= 0.3 is 12.0 Å². The summed E-state index contributed by atoms with van der Waals surface area (Å²) in [5, 5.41) is 21.0. The Bertz CT molecular complexity index is 354. The highest BCUT2D eigenvalue weighted by atomic mass is 16.4. The molecule has 0 radical (unpaired) electrons. The second kappa shape index (κ2) is 4.76. The molecule has 18 heavy (non-hydrogen) atoms. The molecule has 2 rings (SSSR count). The van der Waals surface area contributed by atoms with Crippen molar-refractivity contribution in [3.05, 3.63) is 0 Å². The van der Waals surface area contributed by atoms with E-state index in [1.165, 1.54) is 0 Å². The van der Waals surface area contributed by atoms with E-state index in [0.29, 0.717) is 19.4 Å². The van der Waals surface area contributed by atoms with E-state index in [1.54, 1.807) is 4.90 Å². The Hall–Kier alpha value is -1.30. The molecule has 2 aliphatic rings. The SMILES string of the molecule is CC1CCN(C(=O)NCC2(C(=O)O)CC2)C1CO. The van der Waals surface area contributed by atoms with E-state index in [4.69, 9.17) is 5.11 Å². The molecule has 6 heteroatoms. The van der Waals surface area contributed by atoms with Gasteiger partial charge in [-0.2, -0.15) is 0 Å². The number of aliphatic carboxylic acids is 1. The smallest absolute Gasteiger partial charge is 0.317 e. The summed E-state index contributed by atoms with van der Waals surface area (Å²) in [6.07, 6.45) is 2.13. The van der Waals surface area contributed by atoms with E-state index in [2.05, 4.69) is 5.32 Å². The van der Waals surface area contributed by atoms with Gasteiger partial charge in [0.15, 0.2) is 0 Å². The highest BCUT2D eigenvalue weighted by Gasteiger charge is 2.50. The van der Waals surface area contributed by atoms with Crippen LogP contribution in [0.2, 0.25) is 0 Å². The number of urea groups is 1. The molecule has 2 unspecified atom stereocenters. The van der Waals surface area contributed by atoms with E-state index >= 15 is 0 Å². The largest absolute Gasteiger partial charge is 0.481 e. The highest BCUT2D eigenvalue weighted by molar-refractivity contribution is 5.80. The Balaban J connectivity index is 1.87. The highest BCUT2D eigenvalue weighted by Crippen LogP contribution is 2.45. The summed E-state index contributed by atoms with van der Waals surface area (Å²) in [7, 11) is 0. The fourth-order valence-corrected chi connectivity index (χ4v) is 2.50. The van der Waals surface area contributed by atoms with Gasteiger partial charge in [-0.25, -0.2) is 4.79 Å². The fourth-order valence-electron chi connectivity index (χ4n) is 2.50. The first-order chi connectivity index (χ1) is 8.50. The lowest BCUT2D eigenvalue weighted by atomic mass is 10.0. The van der Waals surface area contributed by atoms with Gasteiger partial charge in [-0.15, -0.1) is 0 Å². The van der Waals surface area contributed by atoms with Crippen LogP contribution < -0.4 is 5.32 Å². The summed E-state index contributed by atoms with van der Waals surface area (Å²) in [6, 6.07) is -0.407. The van der Waals surface area contributed by atoms with Gasteiger partial charge in [0.25, 0.3) is 0 Å². The molecular formula is C12H20N2O4. The summed E-state index contributed by atoms with van der Waals surface area (Å²) < 4.78 is 0. The van der Waals surface area contributed by atoms with Gasteiger partial charge in [-0.1, -0.05) is 6.92 Å². The normalized spacial score (nSPS) is 29.1. The van der Waals surface area contributed by atoms with E-state index in [1.807, 2.05) is 6.92 Å². The van der Waals surface area contributed by atoms with Crippen molar-refractivity contribution in [3.8, 4) is 0 Å². The number of aliphatic hydroxyl groups excluding tert-OH is 1. The van der Waals surface area contributed by atoms with Gasteiger partial charge in [0.2, 0.25) is 0 Å². The molecule has 1 heterocycles. The first kappa shape index (κ1) is 13.1. The molecule has 0 aromatic heterocycles. The number of carbonyl (C=O) groups is 2. The maximum atomic E-state index is 12.0. The number of nitrogens with one attached hydrogen (secondary N) is 1. The predicted octanol–water partition coefficient (Wildman–Crippen LogP) is 0.263. The molecule has 3 N–H and O–H groups in total. The van der Waals surface area contributed by atoms with Crippen LogP contribution in [-0.2, 0) is 4.79 Å². The van der Waals surface area contributed by atoms with Crippen LogP contribution in [0.4, 0.5) is 4.79 Å². The molecule has 0 spiro atoms. The van der Waals surface area contributed by atoms with Crippen LogP contribution >= 0.6 is 0 Å². The van der Waals surface area contributed by atoms with Gasteiger partial charge in [-0.3, -0.25) is 4.79 Å². The average molecular weight is 256 g/mol. The zero-order valence-corrected chi connectivity index (χ0v) is 10.6. The second-order valence-electron chi connectivity index (χ2n) is 5.45. The summed E-state index contributed by atoms with van der Waals surface area (Å²) in [5.41, 5.74) is -0.740. The third-order valence-electron chi connectivity index (χ3n) is 4.22. The van der Waals surface area contributed by atoms with Gasteiger partial charge < -0.3 is 20.4 Å². The molecule has 1 saturated carbocycles. The molecule has 0 aromatic carbocycles. The molecule has 0 bridgehead atoms. The van der Waals surface area contributed by atoms with E-state index in [0.717, 1.165) is 6.42 Å². The maximum Gasteiger partial charge on any atom is 0.317 e. The lowest BCUT2D eigenvalue weighted by molar-refractivity contribution is -0.143. The number of hydrogen-bond donors (Lipinski definition) is 3. The van der Waals surface area contributed by atoms with Crippen molar-refractivity contribution in [1.82, 2.24) is 10.2 Å². The third kappa shape index (κ3) is 2.29. The van der Waals surface area contributed by atoms with Crippen molar-refractivity contribution in [2.75, 3.05) is 19.7 Å². The minimum absolute atomic E-state index is 0.0430. The third-order valence-corrected chi connectivity index (χ3v) is 4.22. The lowest BCUT2D eigenvalue weighted by Crippen LogP contribution is -2.47. The fraction of sp³-hybridized carbons (Fsp3) is 0.833. The lowest BCUT2D eigenvalue weighted by Gasteiger charge is -2.26. The van der Waals surface area contributed by atoms with Crippen LogP contribution in [0.3, 0.4) is 0 Å². The number of rotatable bonds is 4. The topological polar surface area (TPSA) is 89.9 Å². The zero-order chi connectivity index (χ0) is 13.3. The minimum Gasteiger partial charge on any atom is -0.481 e. The van der Waals surface area contributed by atoms with Crippen LogP contribution in [0, 0.1) is 11.3 Å². The van der Waals surface area contributed by atoms with E-state index < -0.39 is 11.4 Å². The molecular weight excluding hydrogens is 236 g/mol. The first-order valence-corrected chi connectivity index (χ1v) is 6.39. The van der Waals surface area contributed by atoms with Crippen molar-refractivity contribution in [3.63, 3.8) is 0 Å². The van der Waals surface area contributed by atoms with Crippen molar-refractivity contribution in [2.24, 2.45) is 11.3 Å². The molecule has 1 aliphatic heterocycles. The van der Waals surface area contributed by atoms with Gasteiger partial charge in [0.1, 0.15) is 0 Å². The molecule has 102 valence electrons. The Morgan fingerprint density at radius 1 is 1.44 bits per heavy atom. The van der Waals surface area contributed by atoms with Crippen molar-refractivity contribution < 1.29 is 19.8 Å². The Labute approximate surface area is 106 Å². The number of aliphatic hydroxyl groups is 1. The predicted molar refractivity (Wildman–Crippen MR) is 64.1 cm³/mol. The van der Waals surface area contributed by atoms with Gasteiger partial charge in [-0.05, 0) is 25.2 Å². The minimum atomic E-state index is -0.837. The molecule has 0 aromatic rings. The number of nitrogens with zero attached hydrogens (tertiary/aromatic N) is 1. The Morgan fingerprint density at radius 2 is 2.11 bits per heavy atom. The van der Waals surface area contributed by atoms with Gasteiger partial charge in [0.05, 0.1) is 18.1 Å². The number of likely N-dealkylation sites (tertiary alicyclic amines) is 1. The van der Waals surface area contributed by atoms with Crippen LogP contribution in [0.5, 0.6) is 0 Å². The van der Waals surface area contributed by atoms with Crippen LogP contribution in [0.15, 0.2) is 0 Å². The standard InChI is InChI=1S/C12H20N2O4/c1-8-2-5-14(9(8)6-15)11(18)13-7-12(3-4-12)10(16)17/h8-9,15H,2-7H2,1H3,(H,13,18)(H,16,17). The maximum absolute atomic E-state index is 12.0. The molecule has 1 aliphatic carbocycles. The molecule has 1 saturated heterocycles. The zero-order valence-electron chi connectivity index (χ0n) is 10.6. The summed E-state index contributed by atoms with van der Waals surface area (Å²) in [6.45, 7) is 2.77. The Kier molecular flexibility index (Phi) is 3.47. The molecule has 6 nitrogen and oxygen atoms in total. The molecule has 2 fully saturated rings. The number of carboxylic acids is 1. The Morgan fingerprint density at radius 3 is 2.61 bits per heavy atom. The monoisotopic (exact) mass is 256 g/mol. The van der Waals surface area contributed by atoms with Crippen LogP contribution in [0.25, 0.3) is 0 Å². The average Bonchev–Trinajstić information content (AvgIpc) is 3.04. The summed E-state index contributed by atoms with van der Waals surface area (Å²) in [5.74, 6) is -0.550. The quantitative estimate of drug-likeness (QED) is 0.673. The van der Waals surface area contributed by atoms with Gasteiger partial charge in [0, 0.05) is 13.1 Å². The first-order valence-electron chi connectivity index (χ1n) is 6.39.